The van der Waals surface area contributed by atoms with Gasteiger partial charge in [-0.25, -0.2) is 4.98 Å². The molecule has 1 aliphatic rings. The molecule has 0 spiro atoms. The number of hydrogen-bond donors (Lipinski definition) is 2. The summed E-state index contributed by atoms with van der Waals surface area (Å²) in [7, 11) is 0. The number of carbonyl (C=O) groups is 1. The van der Waals surface area contributed by atoms with Crippen molar-refractivity contribution in [1.29, 1.82) is 0 Å². The lowest BCUT2D eigenvalue weighted by molar-refractivity contribution is -0.122. The topological polar surface area (TPSA) is 57.3 Å². The minimum atomic E-state index is 0.134. The van der Waals surface area contributed by atoms with Gasteiger partial charge in [-0.15, -0.1) is 0 Å². The number of aromatic nitrogens is 1. The van der Waals surface area contributed by atoms with Crippen molar-refractivity contribution >= 4 is 38.6 Å². The molecule has 0 radical (unpaired) electrons. The van der Waals surface area contributed by atoms with E-state index in [1.807, 2.05) is 18.2 Å². The molecule has 2 N–H and O–H groups in total. The Hall–Kier alpha value is -1.66. The van der Waals surface area contributed by atoms with Gasteiger partial charge in [0, 0.05) is 35.5 Å². The van der Waals surface area contributed by atoms with E-state index < -0.39 is 0 Å². The molecule has 1 aromatic heterocycles. The molecule has 1 aliphatic heterocycles. The van der Waals surface area contributed by atoms with Crippen molar-refractivity contribution in [3.63, 3.8) is 0 Å². The van der Waals surface area contributed by atoms with Gasteiger partial charge in [-0.2, -0.15) is 0 Å². The molecule has 0 atom stereocenters. The number of amides is 1. The molecule has 6 heteroatoms. The van der Waals surface area contributed by atoms with Crippen LogP contribution in [0.25, 0.3) is 10.9 Å². The summed E-state index contributed by atoms with van der Waals surface area (Å²) in [5.74, 6) is 1.05. The number of para-hydroxylation sites is 1. The number of anilines is 1. The standard InChI is InChI=1S/C19H25BrN4O/c1-2-10-21-18(25)13-24-11-8-15(9-12-24)22-17-7-6-14-4-3-5-16(20)19(14)23-17/h3-7,15H,2,8-13H2,1H3,(H,21,25)(H,22,23). The molecule has 0 bridgehead atoms. The summed E-state index contributed by atoms with van der Waals surface area (Å²) in [4.78, 5) is 18.8. The minimum Gasteiger partial charge on any atom is -0.367 e. The van der Waals surface area contributed by atoms with Gasteiger partial charge in [0.05, 0.1) is 12.1 Å². The van der Waals surface area contributed by atoms with Gasteiger partial charge >= 0.3 is 0 Å². The van der Waals surface area contributed by atoms with Crippen LogP contribution in [0.15, 0.2) is 34.8 Å². The van der Waals surface area contributed by atoms with Crippen molar-refractivity contribution in [3.05, 3.63) is 34.8 Å². The Kier molecular flexibility index (Phi) is 6.26. The maximum Gasteiger partial charge on any atom is 0.234 e. The molecule has 0 aliphatic carbocycles. The number of carbonyl (C=O) groups excluding carboxylic acids is 1. The molecule has 2 aromatic rings. The fraction of sp³-hybridized carbons (Fsp3) is 0.474. The molecule has 1 fully saturated rings. The largest absolute Gasteiger partial charge is 0.367 e. The molecular formula is C19H25BrN4O. The third-order valence-corrected chi connectivity index (χ3v) is 5.19. The van der Waals surface area contributed by atoms with E-state index in [1.165, 1.54) is 0 Å². The average molecular weight is 405 g/mol. The van der Waals surface area contributed by atoms with Crippen LogP contribution in [0.2, 0.25) is 0 Å². The summed E-state index contributed by atoms with van der Waals surface area (Å²) in [6.45, 7) is 5.22. The van der Waals surface area contributed by atoms with Gasteiger partial charge in [0.25, 0.3) is 0 Å². The first-order valence-corrected chi connectivity index (χ1v) is 9.76. The Bertz CT molecular complexity index is 728. The van der Waals surface area contributed by atoms with E-state index in [0.29, 0.717) is 12.6 Å². The summed E-state index contributed by atoms with van der Waals surface area (Å²) >= 11 is 3.57. The second kappa shape index (κ2) is 8.63. The van der Waals surface area contributed by atoms with E-state index in [1.54, 1.807) is 0 Å². The number of benzene rings is 1. The smallest absolute Gasteiger partial charge is 0.234 e. The zero-order valence-electron chi connectivity index (χ0n) is 14.6. The number of likely N-dealkylation sites (tertiary alicyclic amines) is 1. The van der Waals surface area contributed by atoms with Crippen LogP contribution in [0, 0.1) is 0 Å². The number of fused-ring (bicyclic) bond motifs is 1. The monoisotopic (exact) mass is 404 g/mol. The Morgan fingerprint density at radius 1 is 1.28 bits per heavy atom. The molecule has 0 unspecified atom stereocenters. The van der Waals surface area contributed by atoms with Crippen LogP contribution >= 0.6 is 15.9 Å². The van der Waals surface area contributed by atoms with Gasteiger partial charge in [0.15, 0.2) is 0 Å². The zero-order valence-corrected chi connectivity index (χ0v) is 16.2. The van der Waals surface area contributed by atoms with Crippen LogP contribution in [0.3, 0.4) is 0 Å². The van der Waals surface area contributed by atoms with Gasteiger partial charge in [0.2, 0.25) is 5.91 Å². The maximum atomic E-state index is 11.8. The summed E-state index contributed by atoms with van der Waals surface area (Å²) in [6.07, 6.45) is 3.03. The van der Waals surface area contributed by atoms with Crippen molar-refractivity contribution < 1.29 is 4.79 Å². The van der Waals surface area contributed by atoms with E-state index in [2.05, 4.69) is 50.5 Å². The fourth-order valence-electron chi connectivity index (χ4n) is 3.16. The first-order chi connectivity index (χ1) is 12.2. The van der Waals surface area contributed by atoms with Crippen molar-refractivity contribution in [2.45, 2.75) is 32.2 Å². The first-order valence-electron chi connectivity index (χ1n) is 8.96. The number of halogens is 1. The number of rotatable bonds is 6. The Labute approximate surface area is 157 Å². The predicted molar refractivity (Wildman–Crippen MR) is 106 cm³/mol. The molecule has 0 saturated carbocycles. The van der Waals surface area contributed by atoms with Gasteiger partial charge < -0.3 is 10.6 Å². The van der Waals surface area contributed by atoms with Crippen molar-refractivity contribution in [2.24, 2.45) is 0 Å². The molecule has 134 valence electrons. The highest BCUT2D eigenvalue weighted by Crippen LogP contribution is 2.24. The Morgan fingerprint density at radius 2 is 2.08 bits per heavy atom. The normalized spacial score (nSPS) is 16.1. The molecule has 5 nitrogen and oxygen atoms in total. The average Bonchev–Trinajstić information content (AvgIpc) is 2.62. The lowest BCUT2D eigenvalue weighted by Gasteiger charge is -2.32. The van der Waals surface area contributed by atoms with Crippen molar-refractivity contribution in [2.75, 3.05) is 31.5 Å². The summed E-state index contributed by atoms with van der Waals surface area (Å²) in [6, 6.07) is 10.7. The molecule has 1 saturated heterocycles. The van der Waals surface area contributed by atoms with Gasteiger partial charge in [-0.3, -0.25) is 9.69 Å². The number of nitrogens with zero attached hydrogens (tertiary/aromatic N) is 2. The van der Waals surface area contributed by atoms with Crippen LogP contribution in [-0.4, -0.2) is 48.0 Å². The summed E-state index contributed by atoms with van der Waals surface area (Å²) in [5.41, 5.74) is 0.984. The maximum absolute atomic E-state index is 11.8. The molecule has 25 heavy (non-hydrogen) atoms. The van der Waals surface area contributed by atoms with E-state index in [4.69, 9.17) is 4.98 Å². The Morgan fingerprint density at radius 3 is 2.84 bits per heavy atom. The number of pyridine rings is 1. The second-order valence-electron chi connectivity index (χ2n) is 6.55. The third-order valence-electron chi connectivity index (χ3n) is 4.55. The molecule has 1 amide bonds. The van der Waals surface area contributed by atoms with Crippen molar-refractivity contribution in [3.8, 4) is 0 Å². The van der Waals surface area contributed by atoms with Crippen molar-refractivity contribution in [1.82, 2.24) is 15.2 Å². The fourth-order valence-corrected chi connectivity index (χ4v) is 3.63. The molecule has 2 heterocycles. The van der Waals surface area contributed by atoms with Gasteiger partial charge in [0.1, 0.15) is 5.82 Å². The number of piperidine rings is 1. The lowest BCUT2D eigenvalue weighted by Crippen LogP contribution is -2.44. The van der Waals surface area contributed by atoms with E-state index in [9.17, 15) is 4.79 Å². The highest BCUT2D eigenvalue weighted by Gasteiger charge is 2.21. The van der Waals surface area contributed by atoms with Crippen LogP contribution in [0.1, 0.15) is 26.2 Å². The minimum absolute atomic E-state index is 0.134. The molecule has 3 rings (SSSR count). The Balaban J connectivity index is 1.52. The number of hydrogen-bond acceptors (Lipinski definition) is 4. The first kappa shape index (κ1) is 18.1. The SMILES string of the molecule is CCCNC(=O)CN1CCC(Nc2ccc3cccc(Br)c3n2)CC1. The van der Waals surface area contributed by atoms with E-state index >= 15 is 0 Å². The zero-order chi connectivity index (χ0) is 17.6. The van der Waals surface area contributed by atoms with Crippen LogP contribution in [0.4, 0.5) is 5.82 Å². The predicted octanol–water partition coefficient (Wildman–Crippen LogP) is 3.40. The van der Waals surface area contributed by atoms with Crippen LogP contribution in [-0.2, 0) is 4.79 Å². The molecular weight excluding hydrogens is 380 g/mol. The van der Waals surface area contributed by atoms with Gasteiger partial charge in [-0.1, -0.05) is 19.1 Å². The summed E-state index contributed by atoms with van der Waals surface area (Å²) < 4.78 is 1.02. The number of nitrogens with one attached hydrogen (secondary N) is 2. The van der Waals surface area contributed by atoms with E-state index in [0.717, 1.165) is 60.1 Å². The van der Waals surface area contributed by atoms with Crippen LogP contribution < -0.4 is 10.6 Å². The quantitative estimate of drug-likeness (QED) is 0.774. The van der Waals surface area contributed by atoms with Crippen LogP contribution in [0.5, 0.6) is 0 Å². The highest BCUT2D eigenvalue weighted by molar-refractivity contribution is 9.10. The lowest BCUT2D eigenvalue weighted by atomic mass is 10.0. The van der Waals surface area contributed by atoms with E-state index in [-0.39, 0.29) is 5.91 Å². The van der Waals surface area contributed by atoms with Gasteiger partial charge in [-0.05, 0) is 53.4 Å². The third kappa shape index (κ3) is 4.92. The highest BCUT2D eigenvalue weighted by atomic mass is 79.9. The second-order valence-corrected chi connectivity index (χ2v) is 7.41. The summed E-state index contributed by atoms with van der Waals surface area (Å²) in [5, 5.41) is 7.62. The molecule has 1 aromatic carbocycles.